The Bertz CT molecular complexity index is 1810. The van der Waals surface area contributed by atoms with Gasteiger partial charge in [0, 0.05) is 68.3 Å². The first-order chi connectivity index (χ1) is 24.1. The number of benzene rings is 2. The Morgan fingerprint density at radius 2 is 1.78 bits per heavy atom. The van der Waals surface area contributed by atoms with Crippen LogP contribution in [-0.2, 0) is 35.3 Å². The number of ether oxygens (including phenoxy) is 1. The molecule has 0 saturated carbocycles. The number of fused-ring (bicyclic) bond motifs is 2. The van der Waals surface area contributed by atoms with Gasteiger partial charge < -0.3 is 14.2 Å². The lowest BCUT2D eigenvalue weighted by Gasteiger charge is -2.48. The highest BCUT2D eigenvalue weighted by Gasteiger charge is 2.45. The Morgan fingerprint density at radius 1 is 0.980 bits per heavy atom. The topological polar surface area (TPSA) is 83.8 Å². The summed E-state index contributed by atoms with van der Waals surface area (Å²) >= 11 is 6.51. The molecule has 51 heavy (non-hydrogen) atoms. The number of aryl methyl sites for hydroxylation is 2. The van der Waals surface area contributed by atoms with Gasteiger partial charge in [0.1, 0.15) is 11.6 Å². The van der Waals surface area contributed by atoms with Crippen LogP contribution in [0.1, 0.15) is 75.0 Å². The Labute approximate surface area is 307 Å². The Balaban J connectivity index is 0.00000448. The number of hydrogen-bond acceptors (Lipinski definition) is 6. The minimum Gasteiger partial charge on any atom is -0.444 e. The summed E-state index contributed by atoms with van der Waals surface area (Å²) in [5.74, 6) is -0.0328. The van der Waals surface area contributed by atoms with Crippen LogP contribution in [0.3, 0.4) is 0 Å². The van der Waals surface area contributed by atoms with Gasteiger partial charge in [-0.25, -0.2) is 9.78 Å². The molecule has 2 aromatic carbocycles. The van der Waals surface area contributed by atoms with E-state index in [1.54, 1.807) is 4.90 Å². The number of pyridine rings is 1. The summed E-state index contributed by atoms with van der Waals surface area (Å²) in [6.45, 7) is 8.90. The Hall–Kier alpha value is -4.21. The van der Waals surface area contributed by atoms with Gasteiger partial charge in [-0.2, -0.15) is 0 Å². The highest BCUT2D eigenvalue weighted by atomic mass is 35.5. The molecule has 2 aromatic heterocycles. The molecule has 7 rings (SSSR count). The molecule has 4 aromatic rings. The number of carbonyl (C=O) groups is 2. The number of aromatic nitrogens is 3. The molecular weight excluding hydrogens is 660 g/mol. The van der Waals surface area contributed by atoms with Gasteiger partial charge in [0.05, 0.1) is 18.1 Å². The second-order valence-corrected chi connectivity index (χ2v) is 15.7. The molecule has 270 valence electrons. The first-order valence-electron chi connectivity index (χ1n) is 17.8. The number of nitrogens with zero attached hydrogens (tertiary/aromatic N) is 6. The molecular formula is C41H51ClN6O3. The molecule has 2 aliphatic heterocycles. The predicted molar refractivity (Wildman–Crippen MR) is 201 cm³/mol. The molecule has 0 radical (unpaired) electrons. The van der Waals surface area contributed by atoms with Crippen molar-refractivity contribution in [1.29, 1.82) is 0 Å². The largest absolute Gasteiger partial charge is 0.444 e. The summed E-state index contributed by atoms with van der Waals surface area (Å²) < 4.78 is 8.05. The third-order valence-electron chi connectivity index (χ3n) is 10.4. The molecule has 1 unspecified atom stereocenters. The molecule has 10 heteroatoms. The number of piperidine rings is 1. The van der Waals surface area contributed by atoms with Crippen molar-refractivity contribution in [3.05, 3.63) is 119 Å². The van der Waals surface area contributed by atoms with Crippen LogP contribution in [-0.4, -0.2) is 85.6 Å². The number of imidazole rings is 1. The van der Waals surface area contributed by atoms with E-state index in [1.807, 2.05) is 68.8 Å². The number of rotatable bonds is 6. The molecule has 0 N–H and O–H groups in total. The zero-order valence-electron chi connectivity index (χ0n) is 29.3. The molecule has 4 heterocycles. The van der Waals surface area contributed by atoms with Gasteiger partial charge >= 0.3 is 6.09 Å². The average Bonchev–Trinajstić information content (AvgIpc) is 3.54. The average molecular weight is 711 g/mol. The molecule has 3 aliphatic rings. The number of hydrogen-bond donors (Lipinski definition) is 0. The number of piperazine rings is 1. The van der Waals surface area contributed by atoms with Crippen molar-refractivity contribution < 1.29 is 14.3 Å². The third kappa shape index (κ3) is 8.15. The molecule has 2 amide bonds. The van der Waals surface area contributed by atoms with E-state index in [0.717, 1.165) is 49.9 Å². The molecule has 1 aliphatic carbocycles. The van der Waals surface area contributed by atoms with Crippen molar-refractivity contribution in [2.75, 3.05) is 32.7 Å². The smallest absolute Gasteiger partial charge is 0.411 e. The van der Waals surface area contributed by atoms with Gasteiger partial charge in [0.2, 0.25) is 5.91 Å². The molecule has 3 atom stereocenters. The zero-order chi connectivity index (χ0) is 34.9. The summed E-state index contributed by atoms with van der Waals surface area (Å²) in [5, 5.41) is 0.712. The SMILES string of the molecule is C.CC(C)(C)OC(=O)N1CCN([C@@H]2c3ccc(Cl)cc3CCc3cccnc32)C[C@@H]1C(=O)N1CCCC(Cc2ccccc2)(Cn2ccnc2)C1. The minimum atomic E-state index is -0.717. The fraction of sp³-hybridized carbons (Fsp3) is 0.463. The zero-order valence-corrected chi connectivity index (χ0v) is 30.1. The Morgan fingerprint density at radius 3 is 2.55 bits per heavy atom. The monoisotopic (exact) mass is 710 g/mol. The summed E-state index contributed by atoms with van der Waals surface area (Å²) in [5.41, 5.74) is 4.92. The second kappa shape index (κ2) is 15.2. The van der Waals surface area contributed by atoms with E-state index in [4.69, 9.17) is 21.3 Å². The molecule has 2 fully saturated rings. The highest BCUT2D eigenvalue weighted by Crippen LogP contribution is 2.40. The quantitative estimate of drug-likeness (QED) is 0.210. The van der Waals surface area contributed by atoms with Crippen molar-refractivity contribution in [2.45, 2.75) is 84.5 Å². The summed E-state index contributed by atoms with van der Waals surface area (Å²) in [6, 6.07) is 19.9. The van der Waals surface area contributed by atoms with Crippen LogP contribution < -0.4 is 0 Å². The van der Waals surface area contributed by atoms with E-state index >= 15 is 4.79 Å². The van der Waals surface area contributed by atoms with E-state index in [9.17, 15) is 4.79 Å². The summed E-state index contributed by atoms with van der Waals surface area (Å²) in [4.78, 5) is 44.1. The van der Waals surface area contributed by atoms with Crippen LogP contribution in [0.4, 0.5) is 4.79 Å². The van der Waals surface area contributed by atoms with Crippen molar-refractivity contribution in [3.8, 4) is 0 Å². The predicted octanol–water partition coefficient (Wildman–Crippen LogP) is 7.23. The molecule has 0 spiro atoms. The normalized spacial score (nSPS) is 22.3. The Kier molecular flexibility index (Phi) is 10.9. The van der Waals surface area contributed by atoms with Gasteiger partial charge in [-0.05, 0) is 93.3 Å². The van der Waals surface area contributed by atoms with Gasteiger partial charge in [0.15, 0.2) is 0 Å². The lowest BCUT2D eigenvalue weighted by molar-refractivity contribution is -0.143. The highest BCUT2D eigenvalue weighted by molar-refractivity contribution is 6.30. The van der Waals surface area contributed by atoms with Gasteiger partial charge in [-0.3, -0.25) is 19.6 Å². The first-order valence-corrected chi connectivity index (χ1v) is 18.2. The summed E-state index contributed by atoms with van der Waals surface area (Å²) in [6.07, 6.45) is 11.5. The molecule has 9 nitrogen and oxygen atoms in total. The molecule has 0 bridgehead atoms. The van der Waals surface area contributed by atoms with Crippen LogP contribution in [0.5, 0.6) is 0 Å². The number of amides is 2. The maximum atomic E-state index is 15.0. The van der Waals surface area contributed by atoms with Crippen LogP contribution in [0, 0.1) is 5.41 Å². The summed E-state index contributed by atoms with van der Waals surface area (Å²) in [7, 11) is 0. The van der Waals surface area contributed by atoms with Crippen molar-refractivity contribution in [1.82, 2.24) is 29.2 Å². The van der Waals surface area contributed by atoms with Gasteiger partial charge in [-0.1, -0.05) is 61.5 Å². The fourth-order valence-electron chi connectivity index (χ4n) is 8.27. The van der Waals surface area contributed by atoms with Crippen LogP contribution >= 0.6 is 11.6 Å². The number of likely N-dealkylation sites (tertiary alicyclic amines) is 1. The van der Waals surface area contributed by atoms with E-state index in [1.165, 1.54) is 16.7 Å². The van der Waals surface area contributed by atoms with E-state index in [-0.39, 0.29) is 24.8 Å². The first kappa shape index (κ1) is 36.6. The maximum absolute atomic E-state index is 15.0. The van der Waals surface area contributed by atoms with E-state index in [0.29, 0.717) is 37.7 Å². The van der Waals surface area contributed by atoms with E-state index in [2.05, 4.69) is 56.9 Å². The number of carbonyl (C=O) groups excluding carboxylic acids is 2. The van der Waals surface area contributed by atoms with E-state index < -0.39 is 17.7 Å². The standard InChI is InChI=1S/C40H47ClN6O3.CH4/c1-39(2,3)50-38(49)47-22-21-45(36-33-15-14-32(41)23-31(33)13-12-30-11-7-17-43-35(30)36)25-34(47)37(48)46-19-8-16-40(27-46,26-44-20-18-42-28-44)24-29-9-5-4-6-10-29;/h4-7,9-11,14-15,17-18,20,23,28,34,36H,8,12-13,16,19,21-22,24-27H2,1-3H3;1H4/t34-,36-,40?;/m1./s1. The van der Waals surface area contributed by atoms with Crippen LogP contribution in [0.15, 0.2) is 85.6 Å². The van der Waals surface area contributed by atoms with Crippen LogP contribution in [0.2, 0.25) is 5.02 Å². The fourth-order valence-corrected chi connectivity index (χ4v) is 8.47. The van der Waals surface area contributed by atoms with Crippen LogP contribution in [0.25, 0.3) is 0 Å². The van der Waals surface area contributed by atoms with Crippen molar-refractivity contribution in [2.24, 2.45) is 5.41 Å². The van der Waals surface area contributed by atoms with Crippen molar-refractivity contribution in [3.63, 3.8) is 0 Å². The minimum absolute atomic E-state index is 0. The third-order valence-corrected chi connectivity index (χ3v) is 10.6. The lowest BCUT2D eigenvalue weighted by Crippen LogP contribution is -2.63. The van der Waals surface area contributed by atoms with Gasteiger partial charge in [0.25, 0.3) is 0 Å². The second-order valence-electron chi connectivity index (χ2n) is 15.2. The van der Waals surface area contributed by atoms with Crippen molar-refractivity contribution >= 4 is 23.6 Å². The lowest BCUT2D eigenvalue weighted by atomic mass is 9.74. The molecule has 2 saturated heterocycles. The van der Waals surface area contributed by atoms with Gasteiger partial charge in [-0.15, -0.1) is 0 Å². The number of halogens is 1. The maximum Gasteiger partial charge on any atom is 0.411 e.